The minimum Gasteiger partial charge on any atom is -0.496 e. The predicted molar refractivity (Wildman–Crippen MR) is 94.9 cm³/mol. The third-order valence-corrected chi connectivity index (χ3v) is 5.49. The van der Waals surface area contributed by atoms with Crippen LogP contribution < -0.4 is 4.74 Å². The zero-order chi connectivity index (χ0) is 20.2. The number of rotatable bonds is 7. The molecular formula is C18H18FNO6S. The molecule has 0 saturated heterocycles. The van der Waals surface area contributed by atoms with Crippen molar-refractivity contribution in [1.29, 1.82) is 0 Å². The van der Waals surface area contributed by atoms with Gasteiger partial charge in [-0.15, -0.1) is 0 Å². The average Bonchev–Trinajstić information content (AvgIpc) is 2.65. The summed E-state index contributed by atoms with van der Waals surface area (Å²) in [5.41, 5.74) is -0.372. The van der Waals surface area contributed by atoms with Crippen LogP contribution >= 0.6 is 0 Å². The number of hydrogen-bond donors (Lipinski definition) is 0. The topological polar surface area (TPSA) is 90.0 Å². The van der Waals surface area contributed by atoms with Crippen molar-refractivity contribution in [3.63, 3.8) is 0 Å². The summed E-state index contributed by atoms with van der Waals surface area (Å²) in [5, 5.41) is 0. The summed E-state index contributed by atoms with van der Waals surface area (Å²) >= 11 is 0. The molecule has 2 rings (SSSR count). The molecule has 0 radical (unpaired) electrons. The number of benzene rings is 2. The van der Waals surface area contributed by atoms with Gasteiger partial charge < -0.3 is 9.47 Å². The van der Waals surface area contributed by atoms with Crippen molar-refractivity contribution in [3.05, 3.63) is 59.4 Å². The molecule has 0 bridgehead atoms. The van der Waals surface area contributed by atoms with Gasteiger partial charge in [0.05, 0.1) is 23.1 Å². The monoisotopic (exact) mass is 395 g/mol. The predicted octanol–water partition coefficient (Wildman–Crippen LogP) is 2.12. The number of ether oxygens (including phenoxy) is 2. The number of esters is 1. The van der Waals surface area contributed by atoms with Crippen molar-refractivity contribution in [3.8, 4) is 5.75 Å². The molecule has 2 aromatic carbocycles. The van der Waals surface area contributed by atoms with E-state index in [9.17, 15) is 22.4 Å². The van der Waals surface area contributed by atoms with Crippen LogP contribution in [-0.2, 0) is 14.8 Å². The number of ketones is 1. The van der Waals surface area contributed by atoms with Crippen molar-refractivity contribution >= 4 is 21.8 Å². The number of sulfonamides is 1. The van der Waals surface area contributed by atoms with E-state index in [-0.39, 0.29) is 10.5 Å². The van der Waals surface area contributed by atoms with E-state index in [1.165, 1.54) is 27.3 Å². The maximum Gasteiger partial charge on any atom is 0.341 e. The number of halogens is 1. The van der Waals surface area contributed by atoms with Crippen molar-refractivity contribution < 1.29 is 31.9 Å². The molecule has 0 N–H and O–H groups in total. The SMILES string of the molecule is COc1ccccc1C(=O)COC(=O)c1cc(S(=O)(=O)N(C)C)ccc1F. The van der Waals surface area contributed by atoms with Gasteiger partial charge in [-0.1, -0.05) is 12.1 Å². The molecule has 0 aromatic heterocycles. The fourth-order valence-electron chi connectivity index (χ4n) is 2.19. The van der Waals surface area contributed by atoms with Gasteiger partial charge >= 0.3 is 5.97 Å². The van der Waals surface area contributed by atoms with Gasteiger partial charge in [0.2, 0.25) is 15.8 Å². The van der Waals surface area contributed by atoms with Crippen molar-refractivity contribution in [2.24, 2.45) is 0 Å². The number of carbonyl (C=O) groups is 2. The van der Waals surface area contributed by atoms with E-state index in [1.54, 1.807) is 18.2 Å². The molecule has 0 amide bonds. The van der Waals surface area contributed by atoms with Crippen LogP contribution in [0.2, 0.25) is 0 Å². The maximum atomic E-state index is 14.0. The summed E-state index contributed by atoms with van der Waals surface area (Å²) in [5.74, 6) is -2.34. The lowest BCUT2D eigenvalue weighted by Gasteiger charge is -2.12. The lowest BCUT2D eigenvalue weighted by atomic mass is 10.1. The number of nitrogens with zero attached hydrogens (tertiary/aromatic N) is 1. The molecule has 0 aliphatic carbocycles. The molecule has 9 heteroatoms. The Bertz CT molecular complexity index is 972. The van der Waals surface area contributed by atoms with E-state index in [2.05, 4.69) is 0 Å². The third-order valence-electron chi connectivity index (χ3n) is 3.68. The van der Waals surface area contributed by atoms with Gasteiger partial charge in [0, 0.05) is 14.1 Å². The highest BCUT2D eigenvalue weighted by atomic mass is 32.2. The highest BCUT2D eigenvalue weighted by molar-refractivity contribution is 7.89. The summed E-state index contributed by atoms with van der Waals surface area (Å²) < 4.78 is 49.1. The Hall–Kier alpha value is -2.78. The van der Waals surface area contributed by atoms with Crippen LogP contribution in [0.25, 0.3) is 0 Å². The van der Waals surface area contributed by atoms with Crippen LogP contribution in [0.15, 0.2) is 47.4 Å². The maximum absolute atomic E-state index is 14.0. The van der Waals surface area contributed by atoms with E-state index in [0.29, 0.717) is 5.75 Å². The molecule has 0 fully saturated rings. The summed E-state index contributed by atoms with van der Waals surface area (Å²) in [4.78, 5) is 24.1. The molecule has 2 aromatic rings. The lowest BCUT2D eigenvalue weighted by Crippen LogP contribution is -2.23. The van der Waals surface area contributed by atoms with Crippen molar-refractivity contribution in [1.82, 2.24) is 4.31 Å². The molecule has 0 spiro atoms. The van der Waals surface area contributed by atoms with Gasteiger partial charge in [0.1, 0.15) is 11.6 Å². The summed E-state index contributed by atoms with van der Waals surface area (Å²) in [6.45, 7) is -0.649. The lowest BCUT2D eigenvalue weighted by molar-refractivity contribution is 0.0469. The van der Waals surface area contributed by atoms with Crippen LogP contribution in [0.5, 0.6) is 5.75 Å². The molecule has 0 aliphatic rings. The van der Waals surface area contributed by atoms with Crippen LogP contribution in [0.3, 0.4) is 0 Å². The Balaban J connectivity index is 2.20. The van der Waals surface area contributed by atoms with E-state index in [1.807, 2.05) is 0 Å². The first kappa shape index (κ1) is 20.5. The highest BCUT2D eigenvalue weighted by Crippen LogP contribution is 2.20. The highest BCUT2D eigenvalue weighted by Gasteiger charge is 2.23. The smallest absolute Gasteiger partial charge is 0.341 e. The van der Waals surface area contributed by atoms with Crippen LogP contribution in [-0.4, -0.2) is 52.3 Å². The van der Waals surface area contributed by atoms with E-state index >= 15 is 0 Å². The Kier molecular flexibility index (Phi) is 6.29. The Morgan fingerprint density at radius 1 is 1.07 bits per heavy atom. The normalized spacial score (nSPS) is 11.3. The van der Waals surface area contributed by atoms with Gasteiger partial charge in [-0.05, 0) is 30.3 Å². The fraction of sp³-hybridized carbons (Fsp3) is 0.222. The van der Waals surface area contributed by atoms with Crippen LogP contribution in [0.4, 0.5) is 4.39 Å². The second-order valence-electron chi connectivity index (χ2n) is 5.63. The number of carbonyl (C=O) groups excluding carboxylic acids is 2. The zero-order valence-corrected chi connectivity index (χ0v) is 15.7. The first-order valence-electron chi connectivity index (χ1n) is 7.74. The van der Waals surface area contributed by atoms with E-state index < -0.39 is 39.8 Å². The van der Waals surface area contributed by atoms with Crippen LogP contribution in [0.1, 0.15) is 20.7 Å². The van der Waals surface area contributed by atoms with Gasteiger partial charge in [0.15, 0.2) is 6.61 Å². The van der Waals surface area contributed by atoms with Gasteiger partial charge in [-0.25, -0.2) is 21.9 Å². The average molecular weight is 395 g/mol. The molecule has 0 atom stereocenters. The Labute approximate surface area is 156 Å². The third kappa shape index (κ3) is 4.50. The van der Waals surface area contributed by atoms with Gasteiger partial charge in [-0.3, -0.25) is 4.79 Å². The first-order chi connectivity index (χ1) is 12.7. The minimum absolute atomic E-state index is 0.206. The van der Waals surface area contributed by atoms with E-state index in [0.717, 1.165) is 22.5 Å². The molecule has 27 heavy (non-hydrogen) atoms. The van der Waals surface area contributed by atoms with Gasteiger partial charge in [-0.2, -0.15) is 0 Å². The number of methoxy groups -OCH3 is 1. The number of para-hydroxylation sites is 1. The largest absolute Gasteiger partial charge is 0.496 e. The summed E-state index contributed by atoms with van der Waals surface area (Å²) in [6.07, 6.45) is 0. The molecule has 0 unspecified atom stereocenters. The first-order valence-corrected chi connectivity index (χ1v) is 9.18. The molecular weight excluding hydrogens is 377 g/mol. The standard InChI is InChI=1S/C18H18FNO6S/c1-20(2)27(23,24)12-8-9-15(19)14(10-12)18(22)26-11-16(21)13-6-4-5-7-17(13)25-3/h4-10H,11H2,1-3H3. The van der Waals surface area contributed by atoms with Crippen LogP contribution in [0, 0.1) is 5.82 Å². The minimum atomic E-state index is -3.86. The number of Topliss-reactive ketones (excluding diaryl/α,β-unsaturated/α-hetero) is 1. The van der Waals surface area contributed by atoms with Crippen molar-refractivity contribution in [2.75, 3.05) is 27.8 Å². The summed E-state index contributed by atoms with van der Waals surface area (Å²) in [6, 6.07) is 9.14. The quantitative estimate of drug-likeness (QED) is 0.527. The number of hydrogen-bond acceptors (Lipinski definition) is 6. The Morgan fingerprint density at radius 2 is 1.74 bits per heavy atom. The molecule has 7 nitrogen and oxygen atoms in total. The molecule has 0 aliphatic heterocycles. The fourth-order valence-corrected chi connectivity index (χ4v) is 3.12. The molecule has 0 heterocycles. The Morgan fingerprint density at radius 3 is 2.37 bits per heavy atom. The molecule has 144 valence electrons. The van der Waals surface area contributed by atoms with E-state index in [4.69, 9.17) is 9.47 Å². The van der Waals surface area contributed by atoms with Crippen molar-refractivity contribution in [2.45, 2.75) is 4.90 Å². The second kappa shape index (κ2) is 8.28. The zero-order valence-electron chi connectivity index (χ0n) is 14.9. The molecule has 0 saturated carbocycles. The summed E-state index contributed by atoms with van der Waals surface area (Å²) in [7, 11) is 0.152. The van der Waals surface area contributed by atoms with Gasteiger partial charge in [0.25, 0.3) is 0 Å². The second-order valence-corrected chi connectivity index (χ2v) is 7.78.